The smallest absolute Gasteiger partial charge is 0.246 e. The van der Waals surface area contributed by atoms with Crippen LogP contribution in [0.2, 0.25) is 0 Å². The predicted octanol–water partition coefficient (Wildman–Crippen LogP) is 3.34. The van der Waals surface area contributed by atoms with Gasteiger partial charge in [-0.2, -0.15) is 0 Å². The average molecular weight is 359 g/mol. The fraction of sp³-hybridized carbons (Fsp3) is 0.316. The zero-order chi connectivity index (χ0) is 18.1. The summed E-state index contributed by atoms with van der Waals surface area (Å²) in [4.78, 5) is 12.9. The highest BCUT2D eigenvalue weighted by Gasteiger charge is 2.61. The topological polar surface area (TPSA) is 72.5 Å². The molecule has 6 heteroatoms. The second-order valence-corrected chi connectivity index (χ2v) is 8.48. The summed E-state index contributed by atoms with van der Waals surface area (Å²) in [6.07, 6.45) is 0.679. The monoisotopic (exact) mass is 359 g/mol. The van der Waals surface area contributed by atoms with Crippen LogP contribution in [0.25, 0.3) is 0 Å². The second kappa shape index (κ2) is 6.52. The van der Waals surface area contributed by atoms with Crippen molar-refractivity contribution in [3.63, 3.8) is 0 Å². The second-order valence-electron chi connectivity index (χ2n) is 6.22. The summed E-state index contributed by atoms with van der Waals surface area (Å²) < 4.78 is 29.8. The van der Waals surface area contributed by atoms with Gasteiger partial charge in [0, 0.05) is 5.69 Å². The first-order chi connectivity index (χ1) is 11.9. The first kappa shape index (κ1) is 17.5. The molecule has 1 N–H and O–H groups in total. The quantitative estimate of drug-likeness (QED) is 0.858. The number of carbonyl (C=O) groups is 1. The van der Waals surface area contributed by atoms with E-state index in [2.05, 4.69) is 5.32 Å². The lowest BCUT2D eigenvalue weighted by Crippen LogP contribution is -2.37. The summed E-state index contributed by atoms with van der Waals surface area (Å²) in [5, 5.41) is 2.73. The minimum atomic E-state index is -3.72. The van der Waals surface area contributed by atoms with Gasteiger partial charge in [-0.3, -0.25) is 4.79 Å². The summed E-state index contributed by atoms with van der Waals surface area (Å²) in [5.74, 6) is 0.228. The Labute approximate surface area is 147 Å². The number of carbonyl (C=O) groups excluding carboxylic acids is 1. The van der Waals surface area contributed by atoms with Gasteiger partial charge >= 0.3 is 0 Å². The number of ether oxygens (including phenoxy) is 1. The minimum Gasteiger partial charge on any atom is -0.494 e. The van der Waals surface area contributed by atoms with E-state index in [9.17, 15) is 13.2 Å². The Bertz CT molecular complexity index is 867. The highest BCUT2D eigenvalue weighted by Crippen LogP contribution is 2.47. The van der Waals surface area contributed by atoms with Gasteiger partial charge in [0.1, 0.15) is 5.75 Å². The first-order valence-corrected chi connectivity index (χ1v) is 9.73. The molecule has 0 heterocycles. The van der Waals surface area contributed by atoms with Crippen LogP contribution in [0.5, 0.6) is 5.75 Å². The lowest BCUT2D eigenvalue weighted by molar-refractivity contribution is -0.116. The van der Waals surface area contributed by atoms with Crippen molar-refractivity contribution in [2.24, 2.45) is 0 Å². The van der Waals surface area contributed by atoms with Crippen molar-refractivity contribution in [1.82, 2.24) is 0 Å². The Morgan fingerprint density at radius 1 is 1.08 bits per heavy atom. The fourth-order valence-corrected chi connectivity index (χ4v) is 4.60. The Balaban J connectivity index is 1.80. The minimum absolute atomic E-state index is 0.192. The molecule has 0 aromatic heterocycles. The zero-order valence-electron chi connectivity index (χ0n) is 14.3. The maximum Gasteiger partial charge on any atom is 0.246 e. The molecule has 0 saturated heterocycles. The average Bonchev–Trinajstić information content (AvgIpc) is 3.40. The summed E-state index contributed by atoms with van der Waals surface area (Å²) in [7, 11) is -3.72. The molecule has 1 aliphatic rings. The molecule has 2 aromatic rings. The lowest BCUT2D eigenvalue weighted by Gasteiger charge is -2.17. The van der Waals surface area contributed by atoms with Gasteiger partial charge in [0.15, 0.2) is 14.6 Å². The summed E-state index contributed by atoms with van der Waals surface area (Å²) in [6.45, 7) is 4.34. The molecule has 0 radical (unpaired) electrons. The molecule has 25 heavy (non-hydrogen) atoms. The van der Waals surface area contributed by atoms with E-state index in [1.807, 2.05) is 13.8 Å². The van der Waals surface area contributed by atoms with Crippen molar-refractivity contribution in [3.8, 4) is 5.75 Å². The molecular weight excluding hydrogens is 338 g/mol. The normalized spacial score (nSPS) is 15.4. The van der Waals surface area contributed by atoms with E-state index in [0.717, 1.165) is 5.56 Å². The molecule has 0 unspecified atom stereocenters. The highest BCUT2D eigenvalue weighted by molar-refractivity contribution is 7.94. The van der Waals surface area contributed by atoms with Gasteiger partial charge in [-0.05, 0) is 63.1 Å². The SMILES string of the molecule is CCOc1ccc(NC(=O)C2(S(=O)(=O)c3ccc(C)cc3)CC2)cc1. The molecule has 1 amide bonds. The van der Waals surface area contributed by atoms with E-state index in [0.29, 0.717) is 30.9 Å². The van der Waals surface area contributed by atoms with E-state index >= 15 is 0 Å². The number of hydrogen-bond acceptors (Lipinski definition) is 4. The van der Waals surface area contributed by atoms with E-state index in [4.69, 9.17) is 4.74 Å². The van der Waals surface area contributed by atoms with Gasteiger partial charge in [0.05, 0.1) is 11.5 Å². The van der Waals surface area contributed by atoms with Crippen LogP contribution in [0, 0.1) is 6.92 Å². The van der Waals surface area contributed by atoms with Crippen LogP contribution in [-0.2, 0) is 14.6 Å². The van der Waals surface area contributed by atoms with Crippen LogP contribution < -0.4 is 10.1 Å². The number of hydrogen-bond donors (Lipinski definition) is 1. The van der Waals surface area contributed by atoms with Gasteiger partial charge in [0.25, 0.3) is 0 Å². The molecule has 0 aliphatic heterocycles. The molecule has 3 rings (SSSR count). The van der Waals surface area contributed by atoms with Crippen molar-refractivity contribution < 1.29 is 17.9 Å². The van der Waals surface area contributed by atoms with Gasteiger partial charge in [-0.1, -0.05) is 17.7 Å². The summed E-state index contributed by atoms with van der Waals surface area (Å²) >= 11 is 0. The number of sulfone groups is 1. The van der Waals surface area contributed by atoms with Crippen LogP contribution in [0.4, 0.5) is 5.69 Å². The number of amides is 1. The largest absolute Gasteiger partial charge is 0.494 e. The zero-order valence-corrected chi connectivity index (χ0v) is 15.1. The fourth-order valence-electron chi connectivity index (χ4n) is 2.72. The standard InChI is InChI=1S/C19H21NO4S/c1-3-24-16-8-6-15(7-9-16)20-18(21)19(12-13-19)25(22,23)17-10-4-14(2)5-11-17/h4-11H,3,12-13H2,1-2H3,(H,20,21). The van der Waals surface area contributed by atoms with Crippen molar-refractivity contribution in [1.29, 1.82) is 0 Å². The summed E-state index contributed by atoms with van der Waals surface area (Å²) in [6, 6.07) is 13.5. The highest BCUT2D eigenvalue weighted by atomic mass is 32.2. The maximum atomic E-state index is 12.9. The first-order valence-electron chi connectivity index (χ1n) is 8.25. The van der Waals surface area contributed by atoms with Crippen LogP contribution >= 0.6 is 0 Å². The third-order valence-electron chi connectivity index (χ3n) is 4.39. The van der Waals surface area contributed by atoms with Gasteiger partial charge in [-0.15, -0.1) is 0 Å². The molecule has 0 spiro atoms. The molecule has 1 aliphatic carbocycles. The number of rotatable bonds is 6. The van der Waals surface area contributed by atoms with Crippen molar-refractivity contribution >= 4 is 21.4 Å². The molecule has 0 atom stereocenters. The molecule has 0 bridgehead atoms. The van der Waals surface area contributed by atoms with Gasteiger partial charge < -0.3 is 10.1 Å². The van der Waals surface area contributed by atoms with Gasteiger partial charge in [-0.25, -0.2) is 8.42 Å². The predicted molar refractivity (Wildman–Crippen MR) is 96.6 cm³/mol. The van der Waals surface area contributed by atoms with Crippen LogP contribution in [0.1, 0.15) is 25.3 Å². The third kappa shape index (κ3) is 3.26. The van der Waals surface area contributed by atoms with Crippen molar-refractivity contribution in [2.45, 2.75) is 36.3 Å². The number of benzene rings is 2. The van der Waals surface area contributed by atoms with Crippen LogP contribution in [0.15, 0.2) is 53.4 Å². The van der Waals surface area contributed by atoms with E-state index < -0.39 is 20.5 Å². The molecule has 5 nitrogen and oxygen atoms in total. The summed E-state index contributed by atoms with van der Waals surface area (Å²) in [5.41, 5.74) is 1.53. The molecular formula is C19H21NO4S. The maximum absolute atomic E-state index is 12.9. The van der Waals surface area contributed by atoms with Crippen LogP contribution in [-0.4, -0.2) is 25.7 Å². The van der Waals surface area contributed by atoms with Crippen molar-refractivity contribution in [3.05, 3.63) is 54.1 Å². The van der Waals surface area contributed by atoms with Crippen molar-refractivity contribution in [2.75, 3.05) is 11.9 Å². The number of anilines is 1. The number of aryl methyl sites for hydroxylation is 1. The van der Waals surface area contributed by atoms with Crippen LogP contribution in [0.3, 0.4) is 0 Å². The Hall–Kier alpha value is -2.34. The lowest BCUT2D eigenvalue weighted by atomic mass is 10.2. The molecule has 2 aromatic carbocycles. The Morgan fingerprint density at radius 2 is 1.68 bits per heavy atom. The van der Waals surface area contributed by atoms with E-state index in [1.165, 1.54) is 0 Å². The molecule has 132 valence electrons. The van der Waals surface area contributed by atoms with Gasteiger partial charge in [0.2, 0.25) is 5.91 Å². The van der Waals surface area contributed by atoms with E-state index in [-0.39, 0.29) is 4.90 Å². The third-order valence-corrected chi connectivity index (χ3v) is 6.90. The Morgan fingerprint density at radius 3 is 2.20 bits per heavy atom. The number of nitrogens with one attached hydrogen (secondary N) is 1. The van der Waals surface area contributed by atoms with E-state index in [1.54, 1.807) is 48.5 Å². The molecule has 1 fully saturated rings. The Kier molecular flexibility index (Phi) is 4.56. The molecule has 1 saturated carbocycles.